The van der Waals surface area contributed by atoms with Gasteiger partial charge in [0.2, 0.25) is 0 Å². The number of rotatable bonds is 2. The molecule has 3 nitrogen and oxygen atoms in total. The molecule has 0 bridgehead atoms. The molecule has 0 aliphatic rings. The molecule has 0 unspecified atom stereocenters. The van der Waals surface area contributed by atoms with Crippen LogP contribution in [0.3, 0.4) is 0 Å². The maximum absolute atomic E-state index is 5.87. The summed E-state index contributed by atoms with van der Waals surface area (Å²) in [6.45, 7) is 6.31. The predicted octanol–water partition coefficient (Wildman–Crippen LogP) is 3.03. The number of halogens is 1. The topological polar surface area (TPSA) is 35.0 Å². The van der Waals surface area contributed by atoms with E-state index in [0.29, 0.717) is 10.9 Å². The number of ether oxygens (including phenoxy) is 1. The van der Waals surface area contributed by atoms with Crippen molar-refractivity contribution in [3.05, 3.63) is 11.5 Å². The highest BCUT2D eigenvalue weighted by Gasteiger charge is 2.18. The average molecular weight is 233 g/mol. The second kappa shape index (κ2) is 4.36. The summed E-state index contributed by atoms with van der Waals surface area (Å²) < 4.78 is 5.22. The molecule has 0 spiro atoms. The Labute approximate surface area is 93.2 Å². The van der Waals surface area contributed by atoms with Gasteiger partial charge in [-0.05, 0) is 0 Å². The lowest BCUT2D eigenvalue weighted by Crippen LogP contribution is -2.08. The lowest BCUT2D eigenvalue weighted by Gasteiger charge is -2.18. The van der Waals surface area contributed by atoms with Crippen LogP contribution in [0.5, 0.6) is 5.75 Å². The zero-order chi connectivity index (χ0) is 10.8. The van der Waals surface area contributed by atoms with Crippen LogP contribution in [0.2, 0.25) is 5.15 Å². The van der Waals surface area contributed by atoms with Gasteiger partial charge in [0.05, 0.1) is 7.11 Å². The Hall–Kier alpha value is -0.480. The Balaban J connectivity index is 3.02. The second-order valence-electron chi connectivity index (χ2n) is 3.72. The molecule has 1 aromatic heterocycles. The van der Waals surface area contributed by atoms with E-state index < -0.39 is 0 Å². The van der Waals surface area contributed by atoms with Gasteiger partial charge in [-0.1, -0.05) is 44.1 Å². The third-order valence-corrected chi connectivity index (χ3v) is 2.70. The minimum Gasteiger partial charge on any atom is -0.491 e. The number of methoxy groups -OCH3 is 1. The highest BCUT2D eigenvalue weighted by atomic mass is 35.5. The molecule has 0 aliphatic heterocycles. The van der Waals surface area contributed by atoms with Gasteiger partial charge in [0.15, 0.2) is 10.9 Å². The fraction of sp³-hybridized carbons (Fsp3) is 0.556. The van der Waals surface area contributed by atoms with Crippen LogP contribution in [0.4, 0.5) is 0 Å². The summed E-state index contributed by atoms with van der Waals surface area (Å²) in [6, 6.07) is 0. The van der Waals surface area contributed by atoms with Crippen LogP contribution in [0.1, 0.15) is 20.8 Å². The van der Waals surface area contributed by atoms with Gasteiger partial charge >= 0.3 is 0 Å². The van der Waals surface area contributed by atoms with Gasteiger partial charge in [-0.2, -0.15) is 0 Å². The molecule has 14 heavy (non-hydrogen) atoms. The first-order valence-corrected chi connectivity index (χ1v) is 5.37. The summed E-state index contributed by atoms with van der Waals surface area (Å²) in [6.07, 6.45) is 1.44. The van der Waals surface area contributed by atoms with Gasteiger partial charge < -0.3 is 4.74 Å². The molecule has 78 valence electrons. The Bertz CT molecular complexity index is 325. The van der Waals surface area contributed by atoms with E-state index >= 15 is 0 Å². The molecule has 0 aliphatic carbocycles. The van der Waals surface area contributed by atoms with Gasteiger partial charge in [0.1, 0.15) is 11.4 Å². The van der Waals surface area contributed by atoms with Crippen molar-refractivity contribution in [1.29, 1.82) is 0 Å². The van der Waals surface area contributed by atoms with Crippen LogP contribution in [0.25, 0.3) is 0 Å². The van der Waals surface area contributed by atoms with Crippen molar-refractivity contribution in [3.8, 4) is 5.75 Å². The molecule has 1 aromatic rings. The minimum atomic E-state index is 0.0744. The van der Waals surface area contributed by atoms with Gasteiger partial charge in [-0.15, -0.1) is 0 Å². The molecule has 0 aromatic carbocycles. The molecule has 0 N–H and O–H groups in total. The largest absolute Gasteiger partial charge is 0.491 e. The quantitative estimate of drug-likeness (QED) is 0.580. The SMILES string of the molecule is COc1c(Cl)ncnc1SC(C)(C)C. The fourth-order valence-corrected chi connectivity index (χ4v) is 2.09. The first-order valence-electron chi connectivity index (χ1n) is 4.17. The molecule has 0 saturated carbocycles. The van der Waals surface area contributed by atoms with Crippen molar-refractivity contribution >= 4 is 23.4 Å². The highest BCUT2D eigenvalue weighted by molar-refractivity contribution is 8.00. The zero-order valence-electron chi connectivity index (χ0n) is 8.67. The first-order chi connectivity index (χ1) is 6.44. The van der Waals surface area contributed by atoms with Crippen molar-refractivity contribution in [3.63, 3.8) is 0 Å². The van der Waals surface area contributed by atoms with Crippen molar-refractivity contribution < 1.29 is 4.74 Å². The summed E-state index contributed by atoms with van der Waals surface area (Å²) in [4.78, 5) is 7.99. The third-order valence-electron chi connectivity index (χ3n) is 1.33. The number of hydrogen-bond acceptors (Lipinski definition) is 4. The standard InChI is InChI=1S/C9H13ClN2OS/c1-9(2,3)14-8-6(13-4)7(10)11-5-12-8/h5H,1-4H3. The van der Waals surface area contributed by atoms with E-state index in [2.05, 4.69) is 30.7 Å². The Kier molecular flexibility index (Phi) is 3.61. The van der Waals surface area contributed by atoms with Gasteiger partial charge in [-0.25, -0.2) is 9.97 Å². The molecule has 1 heterocycles. The van der Waals surface area contributed by atoms with E-state index in [9.17, 15) is 0 Å². The van der Waals surface area contributed by atoms with Crippen LogP contribution in [0.15, 0.2) is 11.4 Å². The van der Waals surface area contributed by atoms with Crippen LogP contribution >= 0.6 is 23.4 Å². The summed E-state index contributed by atoms with van der Waals surface area (Å²) in [5.74, 6) is 0.550. The van der Waals surface area contributed by atoms with Gasteiger partial charge in [-0.3, -0.25) is 0 Å². The minimum absolute atomic E-state index is 0.0744. The smallest absolute Gasteiger partial charge is 0.188 e. The number of thioether (sulfide) groups is 1. The van der Waals surface area contributed by atoms with Crippen LogP contribution in [-0.4, -0.2) is 21.8 Å². The van der Waals surface area contributed by atoms with Gasteiger partial charge in [0, 0.05) is 4.75 Å². The van der Waals surface area contributed by atoms with E-state index in [-0.39, 0.29) is 4.75 Å². The molecule has 1 rings (SSSR count). The number of hydrogen-bond donors (Lipinski definition) is 0. The van der Waals surface area contributed by atoms with Gasteiger partial charge in [0.25, 0.3) is 0 Å². The summed E-state index contributed by atoms with van der Waals surface area (Å²) in [7, 11) is 1.57. The summed E-state index contributed by atoms with van der Waals surface area (Å²) in [5, 5.41) is 1.13. The molecule has 5 heteroatoms. The predicted molar refractivity (Wildman–Crippen MR) is 59.2 cm³/mol. The molecule has 0 radical (unpaired) electrons. The van der Waals surface area contributed by atoms with Crippen LogP contribution in [0, 0.1) is 0 Å². The molecule has 0 atom stereocenters. The highest BCUT2D eigenvalue weighted by Crippen LogP contribution is 2.38. The Morgan fingerprint density at radius 2 is 2.00 bits per heavy atom. The normalized spacial score (nSPS) is 11.5. The van der Waals surface area contributed by atoms with E-state index in [1.165, 1.54) is 6.33 Å². The number of aromatic nitrogens is 2. The second-order valence-corrected chi connectivity index (χ2v) is 5.89. The van der Waals surface area contributed by atoms with Crippen LogP contribution in [-0.2, 0) is 0 Å². The first kappa shape index (κ1) is 11.6. The summed E-state index contributed by atoms with van der Waals surface area (Å²) >= 11 is 7.47. The average Bonchev–Trinajstić information content (AvgIpc) is 2.01. The third kappa shape index (κ3) is 3.03. The van der Waals surface area contributed by atoms with Crippen molar-refractivity contribution in [2.45, 2.75) is 30.5 Å². The van der Waals surface area contributed by atoms with E-state index in [0.717, 1.165) is 5.03 Å². The molecule has 0 saturated heterocycles. The molecular formula is C9H13ClN2OS. The zero-order valence-corrected chi connectivity index (χ0v) is 10.2. The monoisotopic (exact) mass is 232 g/mol. The molecule has 0 amide bonds. The van der Waals surface area contributed by atoms with Crippen molar-refractivity contribution in [1.82, 2.24) is 9.97 Å². The van der Waals surface area contributed by atoms with E-state index in [1.807, 2.05) is 0 Å². The Morgan fingerprint density at radius 3 is 2.50 bits per heavy atom. The maximum atomic E-state index is 5.87. The van der Waals surface area contributed by atoms with Crippen molar-refractivity contribution in [2.75, 3.05) is 7.11 Å². The van der Waals surface area contributed by atoms with E-state index in [1.54, 1.807) is 18.9 Å². The lowest BCUT2D eigenvalue weighted by atomic mass is 10.3. The Morgan fingerprint density at radius 1 is 1.36 bits per heavy atom. The molecular weight excluding hydrogens is 220 g/mol. The fourth-order valence-electron chi connectivity index (χ4n) is 0.872. The van der Waals surface area contributed by atoms with E-state index in [4.69, 9.17) is 16.3 Å². The summed E-state index contributed by atoms with van der Waals surface area (Å²) in [5.41, 5.74) is 0. The number of nitrogens with zero attached hydrogens (tertiary/aromatic N) is 2. The van der Waals surface area contributed by atoms with Crippen LogP contribution < -0.4 is 4.74 Å². The maximum Gasteiger partial charge on any atom is 0.188 e. The molecule has 0 fully saturated rings. The lowest BCUT2D eigenvalue weighted by molar-refractivity contribution is 0.398. The van der Waals surface area contributed by atoms with Crippen molar-refractivity contribution in [2.24, 2.45) is 0 Å².